The van der Waals surface area contributed by atoms with Gasteiger partial charge in [-0.2, -0.15) is 0 Å². The van der Waals surface area contributed by atoms with Crippen molar-refractivity contribution in [2.45, 2.75) is 31.5 Å². The molecular formula is C19H25ClN2O. The highest BCUT2D eigenvalue weighted by Crippen LogP contribution is 2.19. The monoisotopic (exact) mass is 332 g/mol. The van der Waals surface area contributed by atoms with Crippen molar-refractivity contribution in [2.24, 2.45) is 5.73 Å². The third-order valence-electron chi connectivity index (χ3n) is 4.46. The molecule has 0 fully saturated rings. The molecule has 0 bridgehead atoms. The van der Waals surface area contributed by atoms with Gasteiger partial charge in [0.25, 0.3) is 0 Å². The highest BCUT2D eigenvalue weighted by Gasteiger charge is 2.22. The van der Waals surface area contributed by atoms with E-state index in [0.29, 0.717) is 13.0 Å². The Kier molecular flexibility index (Phi) is 6.60. The first-order valence-corrected chi connectivity index (χ1v) is 7.99. The van der Waals surface area contributed by atoms with Crippen LogP contribution in [0.4, 0.5) is 0 Å². The zero-order valence-electron chi connectivity index (χ0n) is 13.3. The Morgan fingerprint density at radius 1 is 1.00 bits per heavy atom. The summed E-state index contributed by atoms with van der Waals surface area (Å²) in [5, 5.41) is 10.4. The summed E-state index contributed by atoms with van der Waals surface area (Å²) in [5.41, 5.74) is 10.2. The minimum absolute atomic E-state index is 0. The summed E-state index contributed by atoms with van der Waals surface area (Å²) in [6.07, 6.45) is 1.27. The molecule has 0 aliphatic carbocycles. The molecule has 2 atom stereocenters. The number of β-amino-alcohol motifs (C(OH)–C–C–N with tert-alkyl or cyclic N) is 1. The quantitative estimate of drug-likeness (QED) is 0.884. The van der Waals surface area contributed by atoms with Gasteiger partial charge in [0.1, 0.15) is 0 Å². The summed E-state index contributed by atoms with van der Waals surface area (Å²) < 4.78 is 0. The van der Waals surface area contributed by atoms with Crippen molar-refractivity contribution in [1.82, 2.24) is 4.90 Å². The zero-order chi connectivity index (χ0) is 15.4. The number of halogens is 1. The Morgan fingerprint density at radius 3 is 2.39 bits per heavy atom. The molecule has 3 nitrogen and oxygen atoms in total. The number of aliphatic hydroxyl groups excluding tert-OH is 1. The second-order valence-electron chi connectivity index (χ2n) is 6.17. The summed E-state index contributed by atoms with van der Waals surface area (Å²) in [7, 11) is 0. The molecule has 3 rings (SSSR count). The van der Waals surface area contributed by atoms with Gasteiger partial charge in [0, 0.05) is 25.7 Å². The summed E-state index contributed by atoms with van der Waals surface area (Å²) in [6.45, 7) is 2.54. The fourth-order valence-electron chi connectivity index (χ4n) is 3.13. The predicted molar refractivity (Wildman–Crippen MR) is 96.8 cm³/mol. The average Bonchev–Trinajstić information content (AvgIpc) is 2.55. The van der Waals surface area contributed by atoms with E-state index >= 15 is 0 Å². The lowest BCUT2D eigenvalue weighted by Gasteiger charge is -2.32. The average molecular weight is 333 g/mol. The molecule has 2 aromatic rings. The van der Waals surface area contributed by atoms with E-state index in [-0.39, 0.29) is 18.4 Å². The maximum Gasteiger partial charge on any atom is 0.0821 e. The van der Waals surface area contributed by atoms with E-state index in [2.05, 4.69) is 41.3 Å². The molecule has 0 aromatic heterocycles. The van der Waals surface area contributed by atoms with Crippen LogP contribution in [0.25, 0.3) is 0 Å². The van der Waals surface area contributed by atoms with Crippen molar-refractivity contribution >= 4 is 12.4 Å². The maximum absolute atomic E-state index is 10.4. The second-order valence-corrected chi connectivity index (χ2v) is 6.17. The topological polar surface area (TPSA) is 49.5 Å². The molecule has 124 valence electrons. The first-order chi connectivity index (χ1) is 10.7. The zero-order valence-corrected chi connectivity index (χ0v) is 14.1. The van der Waals surface area contributed by atoms with Gasteiger partial charge >= 0.3 is 0 Å². The van der Waals surface area contributed by atoms with Gasteiger partial charge in [-0.25, -0.2) is 0 Å². The standard InChI is InChI=1S/C19H24N2O.ClH/c20-18(12-15-6-2-1-3-7-15)19(22)14-21-11-10-16-8-4-5-9-17(16)13-21;/h1-9,18-19,22H,10-14,20H2;1H/t18-,19+;/m1./s1. The van der Waals surface area contributed by atoms with Gasteiger partial charge in [0.05, 0.1) is 6.10 Å². The normalized spacial score (nSPS) is 17.0. The molecule has 0 spiro atoms. The first-order valence-electron chi connectivity index (χ1n) is 7.99. The van der Waals surface area contributed by atoms with Crippen LogP contribution in [0.3, 0.4) is 0 Å². The van der Waals surface area contributed by atoms with Crippen molar-refractivity contribution in [2.75, 3.05) is 13.1 Å². The summed E-state index contributed by atoms with van der Waals surface area (Å²) in [4.78, 5) is 2.30. The van der Waals surface area contributed by atoms with Crippen LogP contribution < -0.4 is 5.73 Å². The lowest BCUT2D eigenvalue weighted by molar-refractivity contribution is 0.0850. The second kappa shape index (κ2) is 8.46. The maximum atomic E-state index is 10.4. The van der Waals surface area contributed by atoms with E-state index in [9.17, 15) is 5.11 Å². The van der Waals surface area contributed by atoms with Gasteiger partial charge in [0.2, 0.25) is 0 Å². The Labute approximate surface area is 144 Å². The lowest BCUT2D eigenvalue weighted by atomic mass is 9.98. The Bertz CT molecular complexity index is 605. The van der Waals surface area contributed by atoms with Crippen molar-refractivity contribution < 1.29 is 5.11 Å². The lowest BCUT2D eigenvalue weighted by Crippen LogP contribution is -2.45. The van der Waals surface area contributed by atoms with Crippen LogP contribution in [0, 0.1) is 0 Å². The van der Waals surface area contributed by atoms with Crippen LogP contribution in [0.1, 0.15) is 16.7 Å². The van der Waals surface area contributed by atoms with Gasteiger partial charge in [0.15, 0.2) is 0 Å². The number of nitrogens with zero attached hydrogens (tertiary/aromatic N) is 1. The summed E-state index contributed by atoms with van der Waals surface area (Å²) in [5.74, 6) is 0. The van der Waals surface area contributed by atoms with Crippen LogP contribution in [0.15, 0.2) is 54.6 Å². The number of rotatable bonds is 5. The van der Waals surface area contributed by atoms with Crippen LogP contribution in [0.2, 0.25) is 0 Å². The molecule has 0 saturated carbocycles. The first kappa shape index (κ1) is 18.0. The van der Waals surface area contributed by atoms with Crippen molar-refractivity contribution in [3.63, 3.8) is 0 Å². The number of aliphatic hydroxyl groups is 1. The Morgan fingerprint density at radius 2 is 1.65 bits per heavy atom. The van der Waals surface area contributed by atoms with Crippen molar-refractivity contribution in [3.05, 3.63) is 71.3 Å². The molecule has 1 heterocycles. The van der Waals surface area contributed by atoms with Gasteiger partial charge in [-0.1, -0.05) is 54.6 Å². The van der Waals surface area contributed by atoms with Gasteiger partial charge < -0.3 is 10.8 Å². The minimum atomic E-state index is -0.495. The van der Waals surface area contributed by atoms with Gasteiger partial charge in [-0.15, -0.1) is 12.4 Å². The van der Waals surface area contributed by atoms with E-state index in [1.807, 2.05) is 18.2 Å². The molecule has 23 heavy (non-hydrogen) atoms. The van der Waals surface area contributed by atoms with E-state index in [0.717, 1.165) is 19.5 Å². The minimum Gasteiger partial charge on any atom is -0.390 e. The third kappa shape index (κ3) is 4.79. The molecule has 1 aliphatic rings. The number of nitrogens with two attached hydrogens (primary N) is 1. The van der Waals surface area contributed by atoms with Crippen molar-refractivity contribution in [3.8, 4) is 0 Å². The van der Waals surface area contributed by atoms with Gasteiger partial charge in [-0.05, 0) is 29.5 Å². The Hall–Kier alpha value is -1.39. The fourth-order valence-corrected chi connectivity index (χ4v) is 3.13. The number of benzene rings is 2. The van der Waals surface area contributed by atoms with Crippen LogP contribution in [-0.4, -0.2) is 35.2 Å². The summed E-state index contributed by atoms with van der Waals surface area (Å²) >= 11 is 0. The highest BCUT2D eigenvalue weighted by atomic mass is 35.5. The Balaban J connectivity index is 0.00000192. The smallest absolute Gasteiger partial charge is 0.0821 e. The van der Waals surface area contributed by atoms with E-state index in [4.69, 9.17) is 5.73 Å². The largest absolute Gasteiger partial charge is 0.390 e. The number of hydrogen-bond acceptors (Lipinski definition) is 3. The molecule has 2 aromatic carbocycles. The van der Waals surface area contributed by atoms with Crippen LogP contribution in [0.5, 0.6) is 0 Å². The molecule has 3 N–H and O–H groups in total. The van der Waals surface area contributed by atoms with Crippen LogP contribution >= 0.6 is 12.4 Å². The highest BCUT2D eigenvalue weighted by molar-refractivity contribution is 5.85. The molecule has 0 radical (unpaired) electrons. The number of fused-ring (bicyclic) bond motifs is 1. The fraction of sp³-hybridized carbons (Fsp3) is 0.368. The van der Waals surface area contributed by atoms with Crippen molar-refractivity contribution in [1.29, 1.82) is 0 Å². The molecule has 0 saturated heterocycles. The van der Waals surface area contributed by atoms with E-state index < -0.39 is 6.10 Å². The van der Waals surface area contributed by atoms with E-state index in [1.54, 1.807) is 0 Å². The van der Waals surface area contributed by atoms with Crippen LogP contribution in [-0.2, 0) is 19.4 Å². The summed E-state index contributed by atoms with van der Waals surface area (Å²) in [6, 6.07) is 18.5. The molecule has 0 unspecified atom stereocenters. The third-order valence-corrected chi connectivity index (χ3v) is 4.46. The molecule has 1 aliphatic heterocycles. The van der Waals surface area contributed by atoms with E-state index in [1.165, 1.54) is 16.7 Å². The van der Waals surface area contributed by atoms with Gasteiger partial charge in [-0.3, -0.25) is 4.90 Å². The number of hydrogen-bond donors (Lipinski definition) is 2. The predicted octanol–water partition coefficient (Wildman–Crippen LogP) is 2.40. The molecular weight excluding hydrogens is 308 g/mol. The SMILES string of the molecule is Cl.N[C@H](Cc1ccccc1)[C@@H](O)CN1CCc2ccccc2C1. The molecule has 0 amide bonds. The molecule has 4 heteroatoms.